The highest BCUT2D eigenvalue weighted by Gasteiger charge is 2.25. The molecule has 0 bridgehead atoms. The molecular formula is C50H36Cl2O4S. The maximum absolute atomic E-state index is 14.7. The van der Waals surface area contributed by atoms with E-state index in [1.807, 2.05) is 170 Å². The largest absolute Gasteiger partial charge is 0.488 e. The Kier molecular flexibility index (Phi) is 11.2. The van der Waals surface area contributed by atoms with Crippen molar-refractivity contribution in [1.82, 2.24) is 0 Å². The van der Waals surface area contributed by atoms with E-state index in [-0.39, 0.29) is 9.79 Å². The molecule has 0 saturated carbocycles. The average molecular weight is 804 g/mol. The SMILES string of the molecule is O=S(=O)(c1ccccc1-c1ccc(-c2cc(Cl)ccc2OCc2ccccc2)cc1)c1ccccc1-c1ccc(-c2cc(Cl)ccc2OCc2ccccc2)cc1. The summed E-state index contributed by atoms with van der Waals surface area (Å²) in [6.07, 6.45) is 0. The highest BCUT2D eigenvalue weighted by atomic mass is 35.5. The molecule has 0 aliphatic rings. The van der Waals surface area contributed by atoms with Crippen molar-refractivity contribution < 1.29 is 17.9 Å². The lowest BCUT2D eigenvalue weighted by molar-refractivity contribution is 0.307. The fourth-order valence-corrected chi connectivity index (χ4v) is 8.88. The fraction of sp³-hybridized carbons (Fsp3) is 0.0400. The van der Waals surface area contributed by atoms with Gasteiger partial charge in [0.25, 0.3) is 0 Å². The number of hydrogen-bond acceptors (Lipinski definition) is 4. The van der Waals surface area contributed by atoms with Gasteiger partial charge in [-0.15, -0.1) is 0 Å². The molecule has 0 radical (unpaired) electrons. The summed E-state index contributed by atoms with van der Waals surface area (Å²) in [6.45, 7) is 0.828. The van der Waals surface area contributed by atoms with Crippen LogP contribution in [-0.2, 0) is 23.1 Å². The Hall–Kier alpha value is -6.11. The van der Waals surface area contributed by atoms with Crippen molar-refractivity contribution >= 4 is 33.0 Å². The number of hydrogen-bond donors (Lipinski definition) is 0. The van der Waals surface area contributed by atoms with Gasteiger partial charge in [0.1, 0.15) is 24.7 Å². The van der Waals surface area contributed by atoms with Crippen LogP contribution >= 0.6 is 23.2 Å². The van der Waals surface area contributed by atoms with E-state index < -0.39 is 9.84 Å². The molecule has 7 heteroatoms. The molecule has 0 unspecified atom stereocenters. The van der Waals surface area contributed by atoms with E-state index in [0.717, 1.165) is 44.5 Å². The number of rotatable bonds is 12. The second-order valence-electron chi connectivity index (χ2n) is 13.5. The van der Waals surface area contributed by atoms with Crippen molar-refractivity contribution in [1.29, 1.82) is 0 Å². The zero-order valence-electron chi connectivity index (χ0n) is 30.7. The quantitative estimate of drug-likeness (QED) is 0.123. The molecule has 0 spiro atoms. The van der Waals surface area contributed by atoms with Crippen LogP contribution in [0.4, 0.5) is 0 Å². The minimum Gasteiger partial charge on any atom is -0.488 e. The Morgan fingerprint density at radius 1 is 0.368 bits per heavy atom. The molecule has 0 saturated heterocycles. The van der Waals surface area contributed by atoms with E-state index in [9.17, 15) is 8.42 Å². The molecule has 0 amide bonds. The maximum Gasteiger partial charge on any atom is 0.207 e. The molecule has 4 nitrogen and oxygen atoms in total. The Labute approximate surface area is 343 Å². The fourth-order valence-electron chi connectivity index (χ4n) is 6.83. The first-order valence-corrected chi connectivity index (χ1v) is 20.6. The first kappa shape index (κ1) is 37.8. The van der Waals surface area contributed by atoms with Gasteiger partial charge in [0.15, 0.2) is 0 Å². The Morgan fingerprint density at radius 3 is 1.09 bits per heavy atom. The second-order valence-corrected chi connectivity index (χ2v) is 16.2. The van der Waals surface area contributed by atoms with Crippen molar-refractivity contribution in [3.8, 4) is 56.0 Å². The van der Waals surface area contributed by atoms with E-state index >= 15 is 0 Å². The third kappa shape index (κ3) is 8.52. The summed E-state index contributed by atoms with van der Waals surface area (Å²) in [7, 11) is -3.99. The first-order valence-electron chi connectivity index (χ1n) is 18.4. The molecule has 0 aromatic heterocycles. The number of sulfone groups is 1. The zero-order chi connectivity index (χ0) is 39.2. The summed E-state index contributed by atoms with van der Waals surface area (Å²) in [4.78, 5) is 0.436. The zero-order valence-corrected chi connectivity index (χ0v) is 33.0. The van der Waals surface area contributed by atoms with Crippen LogP contribution in [0.1, 0.15) is 11.1 Å². The number of halogens is 2. The summed E-state index contributed by atoms with van der Waals surface area (Å²) in [6, 6.07) is 60.9. The van der Waals surface area contributed by atoms with Gasteiger partial charge in [-0.25, -0.2) is 8.42 Å². The minimum atomic E-state index is -3.99. The van der Waals surface area contributed by atoms with E-state index in [1.54, 1.807) is 24.3 Å². The Balaban J connectivity index is 1.08. The highest BCUT2D eigenvalue weighted by molar-refractivity contribution is 7.91. The molecule has 0 fully saturated rings. The van der Waals surface area contributed by atoms with E-state index in [1.165, 1.54) is 0 Å². The van der Waals surface area contributed by atoms with Gasteiger partial charge in [-0.3, -0.25) is 0 Å². The molecule has 0 heterocycles. The molecule has 280 valence electrons. The average Bonchev–Trinajstić information content (AvgIpc) is 3.26. The standard InChI is InChI=1S/C50H36Cl2O4S/c51-41-27-29-47(55-33-35-11-3-1-4-12-35)45(31-41)39-23-19-37(20-24-39)43-15-7-9-17-49(43)57(53,54)50-18-10-8-16-44(50)38-21-25-40(26-22-38)46-32-42(52)28-30-48(46)56-34-36-13-5-2-6-14-36/h1-32H,33-34H2. The number of ether oxygens (including phenoxy) is 2. The normalized spacial score (nSPS) is 11.3. The lowest BCUT2D eigenvalue weighted by Gasteiger charge is -2.16. The predicted molar refractivity (Wildman–Crippen MR) is 232 cm³/mol. The summed E-state index contributed by atoms with van der Waals surface area (Å²) in [5.74, 6) is 1.40. The summed E-state index contributed by atoms with van der Waals surface area (Å²) in [5, 5.41) is 1.18. The molecule has 0 aliphatic carbocycles. The third-order valence-electron chi connectivity index (χ3n) is 9.72. The maximum atomic E-state index is 14.7. The van der Waals surface area contributed by atoms with Gasteiger partial charge >= 0.3 is 0 Å². The second kappa shape index (κ2) is 16.9. The molecule has 8 aromatic rings. The van der Waals surface area contributed by atoms with E-state index in [0.29, 0.717) is 45.9 Å². The predicted octanol–water partition coefficient (Wildman–Crippen LogP) is 13.7. The van der Waals surface area contributed by atoms with Crippen molar-refractivity contribution in [3.63, 3.8) is 0 Å². The van der Waals surface area contributed by atoms with Crippen LogP contribution in [0.3, 0.4) is 0 Å². The molecule has 0 aliphatic heterocycles. The van der Waals surface area contributed by atoms with Crippen LogP contribution in [0, 0.1) is 0 Å². The minimum absolute atomic E-state index is 0.218. The topological polar surface area (TPSA) is 52.6 Å². The van der Waals surface area contributed by atoms with E-state index in [4.69, 9.17) is 32.7 Å². The Morgan fingerprint density at radius 2 is 0.702 bits per heavy atom. The van der Waals surface area contributed by atoms with Crippen molar-refractivity contribution in [2.75, 3.05) is 0 Å². The molecule has 57 heavy (non-hydrogen) atoms. The van der Waals surface area contributed by atoms with Crippen molar-refractivity contribution in [2.24, 2.45) is 0 Å². The van der Waals surface area contributed by atoms with Crippen LogP contribution in [0.15, 0.2) is 204 Å². The van der Waals surface area contributed by atoms with Crippen molar-refractivity contribution in [3.05, 3.63) is 215 Å². The van der Waals surface area contributed by atoms with Crippen LogP contribution in [-0.4, -0.2) is 8.42 Å². The van der Waals surface area contributed by atoms with Gasteiger partial charge in [0.2, 0.25) is 9.84 Å². The molecule has 0 atom stereocenters. The molecular weight excluding hydrogens is 768 g/mol. The monoisotopic (exact) mass is 802 g/mol. The lowest BCUT2D eigenvalue weighted by atomic mass is 9.99. The van der Waals surface area contributed by atoms with Crippen LogP contribution < -0.4 is 9.47 Å². The lowest BCUT2D eigenvalue weighted by Crippen LogP contribution is -2.06. The summed E-state index contributed by atoms with van der Waals surface area (Å²) < 4.78 is 41.8. The summed E-state index contributed by atoms with van der Waals surface area (Å²) in [5.41, 5.74) is 8.32. The van der Waals surface area contributed by atoms with Gasteiger partial charge in [0.05, 0.1) is 9.79 Å². The molecule has 8 aromatic carbocycles. The smallest absolute Gasteiger partial charge is 0.207 e. The van der Waals surface area contributed by atoms with Crippen molar-refractivity contribution in [2.45, 2.75) is 23.0 Å². The van der Waals surface area contributed by atoms with E-state index in [2.05, 4.69) is 0 Å². The molecule has 0 N–H and O–H groups in total. The van der Waals surface area contributed by atoms with Crippen LogP contribution in [0.2, 0.25) is 10.0 Å². The summed E-state index contributed by atoms with van der Waals surface area (Å²) >= 11 is 12.9. The van der Waals surface area contributed by atoms with Gasteiger partial charge < -0.3 is 9.47 Å². The third-order valence-corrected chi connectivity index (χ3v) is 12.1. The van der Waals surface area contributed by atoms with Gasteiger partial charge in [0, 0.05) is 32.3 Å². The van der Waals surface area contributed by atoms with Gasteiger partial charge in [-0.1, -0.05) is 169 Å². The van der Waals surface area contributed by atoms with Gasteiger partial charge in [-0.2, -0.15) is 0 Å². The first-order chi connectivity index (χ1) is 27.8. The van der Waals surface area contributed by atoms with Crippen LogP contribution in [0.25, 0.3) is 44.5 Å². The Bertz CT molecular complexity index is 2570. The number of benzene rings is 8. The highest BCUT2D eigenvalue weighted by Crippen LogP contribution is 2.40. The van der Waals surface area contributed by atoms with Gasteiger partial charge in [-0.05, 0) is 81.9 Å². The van der Waals surface area contributed by atoms with Crippen LogP contribution in [0.5, 0.6) is 11.5 Å². The molecule has 8 rings (SSSR count).